The van der Waals surface area contributed by atoms with E-state index < -0.39 is 50.2 Å². The predicted molar refractivity (Wildman–Crippen MR) is 455 cm³/mol. The summed E-state index contributed by atoms with van der Waals surface area (Å²) in [5.74, 6) is 2.57. The predicted octanol–water partition coefficient (Wildman–Crippen LogP) is 37.6. The lowest BCUT2D eigenvalue weighted by molar-refractivity contribution is -0.144. The van der Waals surface area contributed by atoms with Crippen LogP contribution in [0.1, 0.15) is 525 Å². The highest BCUT2D eigenvalue weighted by atomic mass is 19.4. The molecule has 102 heavy (non-hydrogen) atoms. The second kappa shape index (κ2) is 58.5. The molecule has 0 saturated heterocycles. The van der Waals surface area contributed by atoms with Gasteiger partial charge in [-0.25, -0.2) is 0 Å². The molecule has 624 valence electrons. The van der Waals surface area contributed by atoms with Gasteiger partial charge >= 0.3 is 12.4 Å². The van der Waals surface area contributed by atoms with Crippen LogP contribution in [0.15, 0.2) is 0 Å². The summed E-state index contributed by atoms with van der Waals surface area (Å²) in [7, 11) is 0. The molecule has 0 amide bonds. The van der Waals surface area contributed by atoms with Crippen LogP contribution in [-0.2, 0) is 0 Å². The molecule has 3 spiro atoms. The molecule has 0 aromatic heterocycles. The quantitative estimate of drug-likeness (QED) is 0.233. The lowest BCUT2D eigenvalue weighted by Gasteiger charge is -2.54. The third kappa shape index (κ3) is 77.7. The molecule has 0 bridgehead atoms. The summed E-state index contributed by atoms with van der Waals surface area (Å²) in [5, 5.41) is 0. The van der Waals surface area contributed by atoms with Crippen molar-refractivity contribution in [1.82, 2.24) is 0 Å². The number of halogens is 6. The monoisotopic (exact) mass is 1470 g/mol. The number of alkyl halides is 6. The topological polar surface area (TPSA) is 0 Å². The Morgan fingerprint density at radius 3 is 0.814 bits per heavy atom. The van der Waals surface area contributed by atoms with Crippen LogP contribution in [0.4, 0.5) is 26.3 Å². The molecule has 0 nitrogen and oxygen atoms in total. The fraction of sp³-hybridized carbons (Fsp3) is 1.00. The van der Waals surface area contributed by atoms with Gasteiger partial charge in [0.15, 0.2) is 0 Å². The minimum absolute atomic E-state index is 0.0556. The van der Waals surface area contributed by atoms with Gasteiger partial charge in [0.2, 0.25) is 0 Å². The summed E-state index contributed by atoms with van der Waals surface area (Å²) in [6.45, 7) is 70.3. The summed E-state index contributed by atoms with van der Waals surface area (Å²) in [5.41, 5.74) is 3.85. The van der Waals surface area contributed by atoms with E-state index in [2.05, 4.69) is 118 Å². The Kier molecular flexibility index (Phi) is 53.9. The zero-order valence-corrected chi connectivity index (χ0v) is 76.3. The fourth-order valence-electron chi connectivity index (χ4n) is 14.8. The van der Waals surface area contributed by atoms with Crippen molar-refractivity contribution in [3.05, 3.63) is 0 Å². The highest BCUT2D eigenvalue weighted by Gasteiger charge is 2.48. The number of rotatable bonds is 6. The van der Waals surface area contributed by atoms with Crippen molar-refractivity contribution in [3.8, 4) is 0 Å². The SMILES string of the molecule is CC.CC(C)(C)C.CC1CCC2(CC1)CC(C)(C)CC(C)(C)C2.CC1CCC2(CC1)CCC(C)(C)CC2.CC1CCC2(CCCC2)CC1.CCC.CCC(C)CC(F)(F)F.CCC(C)CC(F)(F)F.CCCC.[2H]C([2H])(C)C(C)(C)C.[2H]C([2H])(C)C(C)C.[2H]C([2H])([2H])C(C)(C)C.[2H]C1(C)CCCC1.[2H]C1(C)CCCCC1. The minimum atomic E-state index is -3.98. The van der Waals surface area contributed by atoms with Gasteiger partial charge < -0.3 is 0 Å². The Balaban J connectivity index is -0.000000274. The Hall–Kier alpha value is -0.420. The van der Waals surface area contributed by atoms with E-state index in [-0.39, 0.29) is 35.0 Å². The molecule has 0 radical (unpaired) electrons. The third-order valence-corrected chi connectivity index (χ3v) is 21.5. The van der Waals surface area contributed by atoms with Crippen molar-refractivity contribution in [3.63, 3.8) is 0 Å². The number of hydrogen-bond donors (Lipinski definition) is 0. The minimum Gasteiger partial charge on any atom is -0.171 e. The van der Waals surface area contributed by atoms with Crippen molar-refractivity contribution in [2.24, 2.45) is 96.0 Å². The van der Waals surface area contributed by atoms with E-state index >= 15 is 0 Å². The van der Waals surface area contributed by atoms with Crippen LogP contribution in [0.5, 0.6) is 0 Å². The van der Waals surface area contributed by atoms with E-state index in [4.69, 9.17) is 12.3 Å². The smallest absolute Gasteiger partial charge is 0.171 e. The van der Waals surface area contributed by atoms with E-state index in [0.717, 1.165) is 54.3 Å². The molecule has 2 unspecified atom stereocenters. The molecular formula is C96H198F6. The summed E-state index contributed by atoms with van der Waals surface area (Å²) in [4.78, 5) is 0. The van der Waals surface area contributed by atoms with Crippen molar-refractivity contribution >= 4 is 0 Å². The van der Waals surface area contributed by atoms with Crippen LogP contribution in [0.25, 0.3) is 0 Å². The van der Waals surface area contributed by atoms with Gasteiger partial charge in [-0.3, -0.25) is 0 Å². The molecule has 2 atom stereocenters. The lowest BCUT2D eigenvalue weighted by atomic mass is 9.51. The summed E-state index contributed by atoms with van der Waals surface area (Å²) >= 11 is 0. The zero-order valence-electron chi connectivity index (χ0n) is 85.3. The van der Waals surface area contributed by atoms with Crippen LogP contribution in [0, 0.1) is 96.0 Å². The molecule has 8 rings (SSSR count). The standard InChI is InChI=1S/C16H30.C14H26.C11H20.C7H14.2C6H11F3.C6H12.C6H14.3C5H12.C4H10.C3H8.C2H6/c1-13-6-8-16(9-7-13)11-14(2,3)10-15(4,5)12-16;1-12-4-6-14(7-5-12)10-8-13(2,3)9-11-14;1-10-4-8-11(9-5-10)6-2-3-7-11;1-7-5-3-2-4-6-7;2*1-3-5(2)4-6(7,8)9;1-6-4-2-3-5-6;1-5-6(2,3)4;2*1-5(2,3)4;1-4-5(2)3;1-3-4-2;1-3-2;1-2/h13H,6-12H2,1-5H3;12H,4-11H2,1-3H3;10H,2-9H2,1H3;7H,2-6H2,1H3;2*5H,3-4H2,1-2H3;6H,2-5H2,1H3;5H2,1-4H3;2*1-4H3;5H,4H2,1-3H3;3-4H2,1-2H3;3H2,1-2H3;1-2H3/i;;;7D;;;6D;5D2;1D3;;4D2;;;. The van der Waals surface area contributed by atoms with E-state index in [1.165, 1.54) is 173 Å². The van der Waals surface area contributed by atoms with Crippen LogP contribution in [0.3, 0.4) is 0 Å². The molecular weight excluding hydrogens is 1270 g/mol. The van der Waals surface area contributed by atoms with Gasteiger partial charge in [-0.2, -0.15) is 26.3 Å². The first-order valence-electron chi connectivity index (χ1n) is 47.8. The van der Waals surface area contributed by atoms with Crippen LogP contribution in [0.2, 0.25) is 0 Å². The average Bonchev–Trinajstić information content (AvgIpc) is 1.31. The van der Waals surface area contributed by atoms with Crippen molar-refractivity contribution in [2.75, 3.05) is 0 Å². The molecule has 8 aliphatic rings. The normalized spacial score (nSPS) is 24.1. The van der Waals surface area contributed by atoms with E-state index in [1.807, 2.05) is 62.3 Å². The summed E-state index contributed by atoms with van der Waals surface area (Å²) in [6.07, 6.45) is 39.4. The zero-order chi connectivity index (χ0) is 89.0. The Bertz CT molecular complexity index is 2040. The maximum absolute atomic E-state index is 11.5. The van der Waals surface area contributed by atoms with E-state index in [9.17, 15) is 26.3 Å². The van der Waals surface area contributed by atoms with Gasteiger partial charge in [0.05, 0.1) is 0 Å². The summed E-state index contributed by atoms with van der Waals surface area (Å²) in [6, 6.07) is 0. The molecule has 0 aromatic carbocycles. The van der Waals surface area contributed by atoms with Crippen molar-refractivity contribution in [1.29, 1.82) is 0 Å². The average molecular weight is 1480 g/mol. The highest BCUT2D eigenvalue weighted by molar-refractivity contribution is 4.99. The Morgan fingerprint density at radius 2 is 0.627 bits per heavy atom. The number of unbranched alkanes of at least 4 members (excludes halogenated alkanes) is 1. The van der Waals surface area contributed by atoms with Gasteiger partial charge in [0.25, 0.3) is 0 Å². The molecule has 8 fully saturated rings. The first-order chi connectivity index (χ1) is 49.6. The third-order valence-electron chi connectivity index (χ3n) is 21.5. The number of hydrogen-bond acceptors (Lipinski definition) is 0. The van der Waals surface area contributed by atoms with Crippen molar-refractivity contribution < 1.29 is 38.7 Å². The maximum Gasteiger partial charge on any atom is 0.389 e. The van der Waals surface area contributed by atoms with Gasteiger partial charge in [-0.1, -0.05) is 403 Å². The van der Waals surface area contributed by atoms with Crippen molar-refractivity contribution in [2.45, 2.75) is 525 Å². The lowest BCUT2D eigenvalue weighted by Crippen LogP contribution is -2.43. The van der Waals surface area contributed by atoms with Gasteiger partial charge in [0, 0.05) is 25.2 Å². The highest BCUT2D eigenvalue weighted by Crippen LogP contribution is 2.60. The van der Waals surface area contributed by atoms with Gasteiger partial charge in [0.1, 0.15) is 0 Å². The molecule has 0 aromatic rings. The molecule has 0 N–H and O–H groups in total. The Labute approximate surface area is 656 Å². The largest absolute Gasteiger partial charge is 0.389 e. The molecule has 6 heteroatoms. The molecule has 0 heterocycles. The van der Waals surface area contributed by atoms with Gasteiger partial charge in [-0.05, 0) is 192 Å². The first kappa shape index (κ1) is 94.0. The van der Waals surface area contributed by atoms with Crippen LogP contribution in [-0.4, -0.2) is 12.4 Å². The van der Waals surface area contributed by atoms with Gasteiger partial charge in [-0.15, -0.1) is 0 Å². The summed E-state index contributed by atoms with van der Waals surface area (Å²) < 4.78 is 133. The molecule has 8 saturated carbocycles. The van der Waals surface area contributed by atoms with E-state index in [1.54, 1.807) is 88.0 Å². The fourth-order valence-corrected chi connectivity index (χ4v) is 14.8. The van der Waals surface area contributed by atoms with Crippen LogP contribution >= 0.6 is 0 Å². The molecule has 8 aliphatic carbocycles. The van der Waals surface area contributed by atoms with E-state index in [0.29, 0.717) is 39.9 Å². The molecule has 0 aliphatic heterocycles. The second-order valence-corrected chi connectivity index (χ2v) is 40.5. The first-order valence-corrected chi connectivity index (χ1v) is 43.3. The maximum atomic E-state index is 11.5. The van der Waals surface area contributed by atoms with Crippen LogP contribution < -0.4 is 0 Å². The Morgan fingerprint density at radius 1 is 0.382 bits per heavy atom. The second-order valence-electron chi connectivity index (χ2n) is 40.5.